The third kappa shape index (κ3) is 5.63. The molecule has 1 nitrogen and oxygen atoms in total. The molecule has 0 aromatic heterocycles. The van der Waals surface area contributed by atoms with Crippen LogP contribution in [-0.4, -0.2) is 0 Å². The fraction of sp³-hybridized carbons (Fsp3) is 0.0545. The second kappa shape index (κ2) is 13.7. The maximum atomic E-state index is 2.45. The number of nitrogens with zero attached hydrogens (tertiary/aromatic N) is 1. The van der Waals surface area contributed by atoms with Gasteiger partial charge in [0.15, 0.2) is 0 Å². The molecule has 1 aliphatic rings. The lowest BCUT2D eigenvalue weighted by Gasteiger charge is -2.29. The molecule has 0 spiro atoms. The van der Waals surface area contributed by atoms with Gasteiger partial charge in [-0.15, -0.1) is 0 Å². The van der Waals surface area contributed by atoms with E-state index in [1.807, 2.05) is 0 Å². The zero-order valence-corrected chi connectivity index (χ0v) is 31.7. The molecule has 0 saturated carbocycles. The minimum Gasteiger partial charge on any atom is -0.310 e. The van der Waals surface area contributed by atoms with Crippen LogP contribution in [0.1, 0.15) is 25.0 Å². The van der Waals surface area contributed by atoms with Crippen LogP contribution in [0, 0.1) is 0 Å². The summed E-state index contributed by atoms with van der Waals surface area (Å²) in [6, 6.07) is 77.5. The minimum atomic E-state index is -0.122. The van der Waals surface area contributed by atoms with Gasteiger partial charge in [-0.3, -0.25) is 0 Å². The van der Waals surface area contributed by atoms with Crippen molar-refractivity contribution in [1.82, 2.24) is 0 Å². The summed E-state index contributed by atoms with van der Waals surface area (Å²) < 4.78 is 0. The van der Waals surface area contributed by atoms with Crippen molar-refractivity contribution < 1.29 is 0 Å². The molecule has 0 heterocycles. The van der Waals surface area contributed by atoms with Crippen molar-refractivity contribution in [2.75, 3.05) is 4.90 Å². The molecule has 0 N–H and O–H groups in total. The van der Waals surface area contributed by atoms with Gasteiger partial charge in [-0.2, -0.15) is 0 Å². The summed E-state index contributed by atoms with van der Waals surface area (Å²) in [5.74, 6) is 0. The van der Waals surface area contributed by atoms with Crippen LogP contribution in [0.5, 0.6) is 0 Å². The van der Waals surface area contributed by atoms with Gasteiger partial charge < -0.3 is 4.90 Å². The topological polar surface area (TPSA) is 3.24 Å². The minimum absolute atomic E-state index is 0.122. The highest BCUT2D eigenvalue weighted by atomic mass is 15.1. The first kappa shape index (κ1) is 33.6. The molecule has 1 heteroatoms. The van der Waals surface area contributed by atoms with E-state index < -0.39 is 0 Å². The molecule has 0 radical (unpaired) electrons. The molecule has 0 amide bonds. The van der Waals surface area contributed by atoms with Gasteiger partial charge in [0.1, 0.15) is 0 Å². The Kier molecular flexibility index (Phi) is 8.23. The monoisotopic (exact) mass is 715 g/mol. The summed E-state index contributed by atoms with van der Waals surface area (Å²) in [6.07, 6.45) is 0. The number of hydrogen-bond donors (Lipinski definition) is 0. The van der Waals surface area contributed by atoms with Crippen molar-refractivity contribution in [2.24, 2.45) is 0 Å². The van der Waals surface area contributed by atoms with Crippen molar-refractivity contribution in [1.29, 1.82) is 0 Å². The highest BCUT2D eigenvalue weighted by molar-refractivity contribution is 6.09. The maximum Gasteiger partial charge on any atom is 0.0540 e. The van der Waals surface area contributed by atoms with Gasteiger partial charge in [0.05, 0.1) is 5.69 Å². The Labute approximate surface area is 329 Å². The van der Waals surface area contributed by atoms with Crippen molar-refractivity contribution in [2.45, 2.75) is 19.3 Å². The Morgan fingerprint density at radius 3 is 1.64 bits per heavy atom. The average molecular weight is 716 g/mol. The number of fused-ring (bicyclic) bond motifs is 4. The molecule has 0 aliphatic heterocycles. The zero-order valence-electron chi connectivity index (χ0n) is 31.7. The fourth-order valence-corrected chi connectivity index (χ4v) is 9.08. The van der Waals surface area contributed by atoms with E-state index in [4.69, 9.17) is 0 Å². The van der Waals surface area contributed by atoms with Gasteiger partial charge in [-0.25, -0.2) is 0 Å². The lowest BCUT2D eigenvalue weighted by atomic mass is 9.79. The second-order valence-electron chi connectivity index (χ2n) is 15.3. The van der Waals surface area contributed by atoms with Gasteiger partial charge in [-0.1, -0.05) is 196 Å². The predicted molar refractivity (Wildman–Crippen MR) is 238 cm³/mol. The fourth-order valence-electron chi connectivity index (χ4n) is 9.08. The molecule has 266 valence electrons. The molecule has 9 aromatic carbocycles. The average Bonchev–Trinajstić information content (AvgIpc) is 3.50. The van der Waals surface area contributed by atoms with Crippen LogP contribution in [0.2, 0.25) is 0 Å². The Morgan fingerprint density at radius 2 is 0.875 bits per heavy atom. The molecule has 0 bridgehead atoms. The van der Waals surface area contributed by atoms with Gasteiger partial charge in [0.25, 0.3) is 0 Å². The largest absolute Gasteiger partial charge is 0.310 e. The van der Waals surface area contributed by atoms with Crippen molar-refractivity contribution in [3.05, 3.63) is 223 Å². The summed E-state index contributed by atoms with van der Waals surface area (Å²) in [7, 11) is 0. The first-order valence-corrected chi connectivity index (χ1v) is 19.5. The van der Waals surface area contributed by atoms with Crippen LogP contribution in [-0.2, 0) is 5.41 Å². The van der Waals surface area contributed by atoms with Crippen LogP contribution < -0.4 is 4.90 Å². The Balaban J connectivity index is 1.18. The highest BCUT2D eigenvalue weighted by Gasteiger charge is 2.37. The standard InChI is InChI=1S/C55H41N/c1-55(2)51-31-11-9-25-47(51)50-30-16-28-46(54(50)55)42-23-13-24-44(37-42)56(43-35-33-39(34-36-43)38-17-5-3-6-18-38)52-32-12-10-26-48(52)49-29-15-22-41-21-14-27-45(53(41)49)40-19-7-4-8-20-40/h3-37H,1-2H3. The van der Waals surface area contributed by atoms with Crippen LogP contribution >= 0.6 is 0 Å². The van der Waals surface area contributed by atoms with E-state index in [2.05, 4.69) is 231 Å². The van der Waals surface area contributed by atoms with Gasteiger partial charge in [0.2, 0.25) is 0 Å². The molecule has 56 heavy (non-hydrogen) atoms. The van der Waals surface area contributed by atoms with Gasteiger partial charge in [0, 0.05) is 22.4 Å². The zero-order chi connectivity index (χ0) is 37.6. The highest BCUT2D eigenvalue weighted by Crippen LogP contribution is 2.53. The smallest absolute Gasteiger partial charge is 0.0540 e. The van der Waals surface area contributed by atoms with Crippen LogP contribution in [0.3, 0.4) is 0 Å². The number of benzene rings is 9. The summed E-state index contributed by atoms with van der Waals surface area (Å²) in [5.41, 5.74) is 18.4. The van der Waals surface area contributed by atoms with E-state index in [0.717, 1.165) is 17.1 Å². The predicted octanol–water partition coefficient (Wildman–Crippen LogP) is 15.3. The number of hydrogen-bond acceptors (Lipinski definition) is 1. The van der Waals surface area contributed by atoms with E-state index in [-0.39, 0.29) is 5.41 Å². The first-order chi connectivity index (χ1) is 27.6. The van der Waals surface area contributed by atoms with E-state index in [0.29, 0.717) is 0 Å². The first-order valence-electron chi connectivity index (χ1n) is 19.5. The molecular formula is C55H41N. The van der Waals surface area contributed by atoms with E-state index in [1.165, 1.54) is 77.5 Å². The Bertz CT molecular complexity index is 2860. The Morgan fingerprint density at radius 1 is 0.339 bits per heavy atom. The summed E-state index contributed by atoms with van der Waals surface area (Å²) in [4.78, 5) is 2.45. The van der Waals surface area contributed by atoms with Crippen LogP contribution in [0.25, 0.3) is 66.4 Å². The normalized spacial score (nSPS) is 12.6. The van der Waals surface area contributed by atoms with Crippen molar-refractivity contribution in [3.8, 4) is 55.6 Å². The third-order valence-corrected chi connectivity index (χ3v) is 11.7. The van der Waals surface area contributed by atoms with Gasteiger partial charge >= 0.3 is 0 Å². The summed E-state index contributed by atoms with van der Waals surface area (Å²) in [6.45, 7) is 4.74. The third-order valence-electron chi connectivity index (χ3n) is 11.7. The molecule has 0 atom stereocenters. The van der Waals surface area contributed by atoms with Gasteiger partial charge in [-0.05, 0) is 102 Å². The van der Waals surface area contributed by atoms with E-state index >= 15 is 0 Å². The lowest BCUT2D eigenvalue weighted by molar-refractivity contribution is 0.662. The van der Waals surface area contributed by atoms with E-state index in [1.54, 1.807) is 0 Å². The summed E-state index contributed by atoms with van der Waals surface area (Å²) in [5, 5.41) is 2.48. The molecule has 10 rings (SSSR count). The quantitative estimate of drug-likeness (QED) is 0.159. The lowest BCUT2D eigenvalue weighted by Crippen LogP contribution is -2.16. The molecule has 1 aliphatic carbocycles. The van der Waals surface area contributed by atoms with Crippen LogP contribution in [0.15, 0.2) is 212 Å². The van der Waals surface area contributed by atoms with Crippen molar-refractivity contribution in [3.63, 3.8) is 0 Å². The van der Waals surface area contributed by atoms with Crippen LogP contribution in [0.4, 0.5) is 17.1 Å². The van der Waals surface area contributed by atoms with Crippen molar-refractivity contribution >= 4 is 27.8 Å². The Hall–Kier alpha value is -6.96. The second-order valence-corrected chi connectivity index (χ2v) is 15.3. The van der Waals surface area contributed by atoms with E-state index in [9.17, 15) is 0 Å². The maximum absolute atomic E-state index is 2.45. The molecular weight excluding hydrogens is 675 g/mol. The number of anilines is 3. The molecule has 0 unspecified atom stereocenters. The molecule has 0 saturated heterocycles. The molecule has 0 fully saturated rings. The molecule has 9 aromatic rings. The summed E-state index contributed by atoms with van der Waals surface area (Å²) >= 11 is 0. The number of rotatable bonds is 7. The SMILES string of the molecule is CC1(C)c2ccccc2-c2cccc(-c3cccc(N(c4ccc(-c5ccccc5)cc4)c4ccccc4-c4cccc5cccc(-c6ccccc6)c45)c3)c21. The number of para-hydroxylation sites is 1.